The van der Waals surface area contributed by atoms with Crippen LogP contribution in [0.2, 0.25) is 5.02 Å². The Kier molecular flexibility index (Phi) is 5.20. The van der Waals surface area contributed by atoms with E-state index in [-0.39, 0.29) is 17.0 Å². The molecule has 23 heavy (non-hydrogen) atoms. The van der Waals surface area contributed by atoms with Crippen molar-refractivity contribution in [2.45, 2.75) is 25.7 Å². The molecule has 0 atom stereocenters. The number of fused-ring (bicyclic) bond motifs is 2. The number of aromatic nitrogens is 1. The van der Waals surface area contributed by atoms with Crippen LogP contribution >= 0.6 is 28.6 Å². The van der Waals surface area contributed by atoms with E-state index >= 15 is 0 Å². The Morgan fingerprint density at radius 3 is 2.57 bits per heavy atom. The zero-order valence-electron chi connectivity index (χ0n) is 12.9. The molecule has 1 saturated heterocycles. The van der Waals surface area contributed by atoms with Crippen LogP contribution in [0.25, 0.3) is 5.57 Å². The number of benzene rings is 1. The third-order valence-corrected chi connectivity index (χ3v) is 4.92. The largest absolute Gasteiger partial charge is 0.316 e. The number of rotatable bonds is 0. The van der Waals surface area contributed by atoms with E-state index in [1.54, 1.807) is 0 Å². The van der Waals surface area contributed by atoms with Gasteiger partial charge in [-0.25, -0.2) is 0 Å². The van der Waals surface area contributed by atoms with E-state index in [0.717, 1.165) is 43.8 Å². The van der Waals surface area contributed by atoms with Crippen molar-refractivity contribution in [1.82, 2.24) is 10.3 Å². The number of pyridine rings is 1. The lowest BCUT2D eigenvalue weighted by atomic mass is 9.89. The molecule has 0 radical (unpaired) electrons. The second-order valence-corrected chi connectivity index (χ2v) is 6.48. The minimum absolute atomic E-state index is 0. The zero-order chi connectivity index (χ0) is 14.9. The molecule has 0 saturated carbocycles. The van der Waals surface area contributed by atoms with Crippen molar-refractivity contribution in [3.8, 4) is 0 Å². The van der Waals surface area contributed by atoms with Gasteiger partial charge in [-0.1, -0.05) is 29.3 Å². The second kappa shape index (κ2) is 7.16. The third-order valence-electron chi connectivity index (χ3n) is 4.69. The number of halogens is 2. The van der Waals surface area contributed by atoms with E-state index < -0.39 is 0 Å². The molecule has 0 unspecified atom stereocenters. The molecule has 1 aromatic carbocycles. The number of nitrogens with one attached hydrogen (secondary N) is 1. The molecule has 2 nitrogen and oxygen atoms in total. The topological polar surface area (TPSA) is 24.9 Å². The van der Waals surface area contributed by atoms with Gasteiger partial charge in [-0.3, -0.25) is 4.98 Å². The lowest BCUT2D eigenvalue weighted by molar-refractivity contribution is 0.611. The quantitative estimate of drug-likeness (QED) is 0.710. The van der Waals surface area contributed by atoms with E-state index in [2.05, 4.69) is 23.5 Å². The molecule has 0 bridgehead atoms. The van der Waals surface area contributed by atoms with Gasteiger partial charge in [0.15, 0.2) is 0 Å². The molecule has 0 amide bonds. The van der Waals surface area contributed by atoms with Crippen molar-refractivity contribution in [3.05, 3.63) is 69.5 Å². The second-order valence-electron chi connectivity index (χ2n) is 6.04. The van der Waals surface area contributed by atoms with Crippen LogP contribution in [0.4, 0.5) is 0 Å². The number of hydrogen-bond acceptors (Lipinski definition) is 2. The fraction of sp³-hybridized carbons (Fsp3) is 0.316. The SMILES string of the molecule is Br.Clc1ccc2c(c1)CCc1cccnc1C2=C1CCNCC1. The summed E-state index contributed by atoms with van der Waals surface area (Å²) in [5.41, 5.74) is 8.12. The van der Waals surface area contributed by atoms with Gasteiger partial charge in [0.25, 0.3) is 0 Å². The highest BCUT2D eigenvalue weighted by Crippen LogP contribution is 2.37. The summed E-state index contributed by atoms with van der Waals surface area (Å²) in [7, 11) is 0. The molecule has 120 valence electrons. The molecule has 0 spiro atoms. The maximum atomic E-state index is 6.23. The number of nitrogens with zero attached hydrogens (tertiary/aromatic N) is 1. The molecule has 1 aliphatic heterocycles. The highest BCUT2D eigenvalue weighted by atomic mass is 79.9. The average Bonchev–Trinajstić information content (AvgIpc) is 2.72. The predicted molar refractivity (Wildman–Crippen MR) is 102 cm³/mol. The maximum Gasteiger partial charge on any atom is 0.0739 e. The van der Waals surface area contributed by atoms with Crippen LogP contribution in [0.1, 0.15) is 35.2 Å². The van der Waals surface area contributed by atoms with Crippen molar-refractivity contribution in [2.75, 3.05) is 13.1 Å². The van der Waals surface area contributed by atoms with Gasteiger partial charge in [0.05, 0.1) is 5.69 Å². The summed E-state index contributed by atoms with van der Waals surface area (Å²) in [6.07, 6.45) is 6.19. The summed E-state index contributed by atoms with van der Waals surface area (Å²) in [6, 6.07) is 10.6. The van der Waals surface area contributed by atoms with E-state index in [4.69, 9.17) is 16.6 Å². The van der Waals surface area contributed by atoms with Gasteiger partial charge in [-0.05, 0) is 73.7 Å². The summed E-state index contributed by atoms with van der Waals surface area (Å²) in [4.78, 5) is 4.75. The summed E-state index contributed by atoms with van der Waals surface area (Å²) >= 11 is 6.23. The van der Waals surface area contributed by atoms with Crippen molar-refractivity contribution < 1.29 is 0 Å². The lowest BCUT2D eigenvalue weighted by Gasteiger charge is -2.21. The molecule has 2 aliphatic rings. The summed E-state index contributed by atoms with van der Waals surface area (Å²) in [5, 5.41) is 4.28. The molecule has 1 fully saturated rings. The van der Waals surface area contributed by atoms with Gasteiger partial charge in [0.1, 0.15) is 0 Å². The van der Waals surface area contributed by atoms with Crippen molar-refractivity contribution in [3.63, 3.8) is 0 Å². The zero-order valence-corrected chi connectivity index (χ0v) is 15.4. The number of piperidine rings is 1. The van der Waals surface area contributed by atoms with Crippen LogP contribution in [-0.4, -0.2) is 18.1 Å². The maximum absolute atomic E-state index is 6.23. The standard InChI is InChI=1S/C19H19ClN2.BrH/c20-16-5-6-17-15(12-16)4-3-14-2-1-9-22-19(14)18(17)13-7-10-21-11-8-13;/h1-2,5-6,9,12,21H,3-4,7-8,10-11H2;1H. The molecule has 2 heterocycles. The van der Waals surface area contributed by atoms with Gasteiger partial charge in [-0.15, -0.1) is 17.0 Å². The number of aryl methyl sites for hydroxylation is 2. The minimum Gasteiger partial charge on any atom is -0.316 e. The van der Waals surface area contributed by atoms with Crippen molar-refractivity contribution >= 4 is 34.2 Å². The highest BCUT2D eigenvalue weighted by Gasteiger charge is 2.23. The predicted octanol–water partition coefficient (Wildman–Crippen LogP) is 4.60. The minimum atomic E-state index is 0. The van der Waals surface area contributed by atoms with Crippen LogP contribution in [0.3, 0.4) is 0 Å². The first kappa shape index (κ1) is 16.7. The Morgan fingerprint density at radius 1 is 0.957 bits per heavy atom. The molecule has 4 rings (SSSR count). The molecular weight excluding hydrogens is 372 g/mol. The molecular formula is C19H20BrClN2. The van der Waals surface area contributed by atoms with Crippen LogP contribution in [0, 0.1) is 0 Å². The van der Waals surface area contributed by atoms with E-state index in [9.17, 15) is 0 Å². The van der Waals surface area contributed by atoms with Crippen molar-refractivity contribution in [2.24, 2.45) is 0 Å². The molecule has 1 aromatic heterocycles. The lowest BCUT2D eigenvalue weighted by Crippen LogP contribution is -2.24. The van der Waals surface area contributed by atoms with E-state index in [1.807, 2.05) is 18.3 Å². The Morgan fingerprint density at radius 2 is 1.74 bits per heavy atom. The normalized spacial score (nSPS) is 16.9. The first-order chi connectivity index (χ1) is 10.8. The van der Waals surface area contributed by atoms with Gasteiger partial charge in [0, 0.05) is 16.8 Å². The fourth-order valence-electron chi connectivity index (χ4n) is 3.61. The van der Waals surface area contributed by atoms with Gasteiger partial charge < -0.3 is 5.32 Å². The van der Waals surface area contributed by atoms with E-state index in [0.29, 0.717) is 0 Å². The first-order valence-corrected chi connectivity index (χ1v) is 8.36. The van der Waals surface area contributed by atoms with Crippen LogP contribution in [0.15, 0.2) is 42.1 Å². The molecule has 1 N–H and O–H groups in total. The third kappa shape index (κ3) is 3.23. The summed E-state index contributed by atoms with van der Waals surface area (Å²) in [5.74, 6) is 0. The average molecular weight is 392 g/mol. The fourth-order valence-corrected chi connectivity index (χ4v) is 3.81. The number of hydrogen-bond donors (Lipinski definition) is 1. The van der Waals surface area contributed by atoms with Crippen LogP contribution in [-0.2, 0) is 12.8 Å². The Balaban J connectivity index is 0.00000156. The van der Waals surface area contributed by atoms with Gasteiger partial charge in [0.2, 0.25) is 0 Å². The van der Waals surface area contributed by atoms with Crippen LogP contribution < -0.4 is 5.32 Å². The van der Waals surface area contributed by atoms with Gasteiger partial charge in [-0.2, -0.15) is 0 Å². The Hall–Kier alpha value is -1.16. The van der Waals surface area contributed by atoms with E-state index in [1.165, 1.54) is 33.5 Å². The van der Waals surface area contributed by atoms with Crippen LogP contribution in [0.5, 0.6) is 0 Å². The Bertz CT molecular complexity index is 747. The summed E-state index contributed by atoms with van der Waals surface area (Å²) < 4.78 is 0. The van der Waals surface area contributed by atoms with Gasteiger partial charge >= 0.3 is 0 Å². The molecule has 2 aromatic rings. The summed E-state index contributed by atoms with van der Waals surface area (Å²) in [6.45, 7) is 2.12. The highest BCUT2D eigenvalue weighted by molar-refractivity contribution is 8.93. The molecule has 4 heteroatoms. The first-order valence-electron chi connectivity index (χ1n) is 7.99. The molecule has 1 aliphatic carbocycles. The smallest absolute Gasteiger partial charge is 0.0739 e. The van der Waals surface area contributed by atoms with Crippen molar-refractivity contribution in [1.29, 1.82) is 0 Å². The Labute approximate surface area is 152 Å². The monoisotopic (exact) mass is 390 g/mol.